The van der Waals surface area contributed by atoms with E-state index < -0.39 is 0 Å². The molecule has 0 saturated heterocycles. The predicted octanol–water partition coefficient (Wildman–Crippen LogP) is 1.80. The number of benzene rings is 1. The molecule has 0 aliphatic heterocycles. The van der Waals surface area contributed by atoms with Crippen LogP contribution >= 0.6 is 0 Å². The molecule has 1 aliphatic rings. The second-order valence-corrected chi connectivity index (χ2v) is 4.47. The Morgan fingerprint density at radius 1 is 1.18 bits per heavy atom. The average Bonchev–Trinajstić information content (AvgIpc) is 3.08. The Morgan fingerprint density at radius 3 is 2.35 bits per heavy atom. The van der Waals surface area contributed by atoms with Crippen LogP contribution in [-0.4, -0.2) is 21.3 Å². The first-order valence-electron chi connectivity index (χ1n) is 5.68. The first kappa shape index (κ1) is 12.2. The van der Waals surface area contributed by atoms with E-state index in [2.05, 4.69) is 6.07 Å². The highest BCUT2D eigenvalue weighted by molar-refractivity contribution is 5.54. The molecule has 1 aliphatic carbocycles. The van der Waals surface area contributed by atoms with Crippen LogP contribution < -0.4 is 15.2 Å². The molecular formula is C13H19NO3. The fourth-order valence-corrected chi connectivity index (χ4v) is 2.05. The number of methoxy groups -OCH3 is 3. The van der Waals surface area contributed by atoms with Gasteiger partial charge in [-0.2, -0.15) is 0 Å². The predicted molar refractivity (Wildman–Crippen MR) is 65.4 cm³/mol. The van der Waals surface area contributed by atoms with E-state index in [1.165, 1.54) is 0 Å². The number of hydrogen-bond acceptors (Lipinski definition) is 4. The fourth-order valence-electron chi connectivity index (χ4n) is 2.05. The summed E-state index contributed by atoms with van der Waals surface area (Å²) in [6.45, 7) is 0.545. The number of rotatable bonds is 5. The van der Waals surface area contributed by atoms with Crippen molar-refractivity contribution in [3.8, 4) is 11.5 Å². The normalized spacial score (nSPS) is 16.7. The molecule has 0 spiro atoms. The highest BCUT2D eigenvalue weighted by atomic mass is 16.5. The van der Waals surface area contributed by atoms with E-state index in [-0.39, 0.29) is 5.54 Å². The average molecular weight is 237 g/mol. The summed E-state index contributed by atoms with van der Waals surface area (Å²) in [6.07, 6.45) is 1.98. The molecule has 1 saturated carbocycles. The maximum Gasteiger partial charge on any atom is 0.165 e. The molecule has 0 heterocycles. The van der Waals surface area contributed by atoms with Gasteiger partial charge in [-0.1, -0.05) is 0 Å². The number of hydrogen-bond donors (Lipinski definition) is 1. The van der Waals surface area contributed by atoms with E-state index in [9.17, 15) is 0 Å². The lowest BCUT2D eigenvalue weighted by atomic mass is 10.0. The molecule has 1 aromatic carbocycles. The van der Waals surface area contributed by atoms with E-state index in [4.69, 9.17) is 19.9 Å². The molecule has 1 aromatic rings. The summed E-state index contributed by atoms with van der Waals surface area (Å²) in [7, 11) is 4.95. The molecule has 0 bridgehead atoms. The molecular weight excluding hydrogens is 218 g/mol. The molecule has 0 aromatic heterocycles. The van der Waals surface area contributed by atoms with E-state index in [0.29, 0.717) is 12.4 Å². The van der Waals surface area contributed by atoms with Gasteiger partial charge in [0.15, 0.2) is 11.5 Å². The van der Waals surface area contributed by atoms with Gasteiger partial charge in [0, 0.05) is 18.2 Å². The topological polar surface area (TPSA) is 53.7 Å². The minimum Gasteiger partial charge on any atom is -0.493 e. The summed E-state index contributed by atoms with van der Waals surface area (Å²) in [5.74, 6) is 1.46. The van der Waals surface area contributed by atoms with Crippen molar-refractivity contribution in [2.45, 2.75) is 25.0 Å². The van der Waals surface area contributed by atoms with E-state index in [1.54, 1.807) is 21.3 Å². The highest BCUT2D eigenvalue weighted by Crippen LogP contribution is 2.49. The first-order chi connectivity index (χ1) is 8.14. The Labute approximate surface area is 102 Å². The third kappa shape index (κ3) is 2.23. The summed E-state index contributed by atoms with van der Waals surface area (Å²) >= 11 is 0. The third-order valence-electron chi connectivity index (χ3n) is 3.17. The van der Waals surface area contributed by atoms with Crippen LogP contribution in [0, 0.1) is 0 Å². The summed E-state index contributed by atoms with van der Waals surface area (Å²) < 4.78 is 15.9. The largest absolute Gasteiger partial charge is 0.493 e. The Bertz CT molecular complexity index is 413. The molecule has 2 N–H and O–H groups in total. The molecule has 4 nitrogen and oxygen atoms in total. The van der Waals surface area contributed by atoms with Gasteiger partial charge in [-0.05, 0) is 30.5 Å². The van der Waals surface area contributed by atoms with Gasteiger partial charge < -0.3 is 19.9 Å². The van der Waals surface area contributed by atoms with Crippen molar-refractivity contribution >= 4 is 0 Å². The SMILES string of the molecule is COCc1cc(OC)c(OC)c(C2(N)CC2)c1. The monoisotopic (exact) mass is 237 g/mol. The van der Waals surface area contributed by atoms with Crippen LogP contribution in [0.4, 0.5) is 0 Å². The molecule has 0 amide bonds. The van der Waals surface area contributed by atoms with Gasteiger partial charge in [0.05, 0.1) is 20.8 Å². The van der Waals surface area contributed by atoms with Crippen LogP contribution in [0.2, 0.25) is 0 Å². The summed E-state index contributed by atoms with van der Waals surface area (Å²) in [5, 5.41) is 0. The van der Waals surface area contributed by atoms with E-state index >= 15 is 0 Å². The van der Waals surface area contributed by atoms with E-state index in [1.807, 2.05) is 6.07 Å². The molecule has 0 radical (unpaired) electrons. The zero-order chi connectivity index (χ0) is 12.5. The Morgan fingerprint density at radius 2 is 1.88 bits per heavy atom. The van der Waals surface area contributed by atoms with Crippen LogP contribution in [0.1, 0.15) is 24.0 Å². The first-order valence-corrected chi connectivity index (χ1v) is 5.68. The number of nitrogens with two attached hydrogens (primary N) is 1. The van der Waals surface area contributed by atoms with Crippen molar-refractivity contribution in [2.24, 2.45) is 5.73 Å². The van der Waals surface area contributed by atoms with Gasteiger partial charge in [0.2, 0.25) is 0 Å². The van der Waals surface area contributed by atoms with Crippen molar-refractivity contribution in [2.75, 3.05) is 21.3 Å². The van der Waals surface area contributed by atoms with Gasteiger partial charge >= 0.3 is 0 Å². The van der Waals surface area contributed by atoms with Crippen molar-refractivity contribution < 1.29 is 14.2 Å². The van der Waals surface area contributed by atoms with Gasteiger partial charge in [-0.25, -0.2) is 0 Å². The fraction of sp³-hybridized carbons (Fsp3) is 0.538. The highest BCUT2D eigenvalue weighted by Gasteiger charge is 2.43. The summed E-state index contributed by atoms with van der Waals surface area (Å²) in [5.41, 5.74) is 8.08. The lowest BCUT2D eigenvalue weighted by molar-refractivity contribution is 0.184. The van der Waals surface area contributed by atoms with Crippen LogP contribution in [0.25, 0.3) is 0 Å². The lowest BCUT2D eigenvalue weighted by Crippen LogP contribution is -2.20. The van der Waals surface area contributed by atoms with Gasteiger partial charge in [0.1, 0.15) is 0 Å². The standard InChI is InChI=1S/C13H19NO3/c1-15-8-9-6-10(13(14)4-5-13)12(17-3)11(7-9)16-2/h6-7H,4-5,8,14H2,1-3H3. The zero-order valence-corrected chi connectivity index (χ0v) is 10.6. The minimum absolute atomic E-state index is 0.248. The molecule has 2 rings (SSSR count). The van der Waals surface area contributed by atoms with Gasteiger partial charge in [-0.3, -0.25) is 0 Å². The molecule has 4 heteroatoms. The minimum atomic E-state index is -0.248. The maximum absolute atomic E-state index is 6.26. The molecule has 94 valence electrons. The third-order valence-corrected chi connectivity index (χ3v) is 3.17. The van der Waals surface area contributed by atoms with Gasteiger partial charge in [0.25, 0.3) is 0 Å². The van der Waals surface area contributed by atoms with Crippen LogP contribution in [0.15, 0.2) is 12.1 Å². The maximum atomic E-state index is 6.26. The molecule has 0 unspecified atom stereocenters. The van der Waals surface area contributed by atoms with Gasteiger partial charge in [-0.15, -0.1) is 0 Å². The zero-order valence-electron chi connectivity index (χ0n) is 10.6. The van der Waals surface area contributed by atoms with E-state index in [0.717, 1.165) is 29.7 Å². The van der Waals surface area contributed by atoms with Crippen molar-refractivity contribution in [3.63, 3.8) is 0 Å². The quantitative estimate of drug-likeness (QED) is 0.848. The molecule has 17 heavy (non-hydrogen) atoms. The van der Waals surface area contributed by atoms with Crippen molar-refractivity contribution in [3.05, 3.63) is 23.3 Å². The molecule has 0 atom stereocenters. The van der Waals surface area contributed by atoms with Crippen LogP contribution in [-0.2, 0) is 16.9 Å². The van der Waals surface area contributed by atoms with Crippen molar-refractivity contribution in [1.82, 2.24) is 0 Å². The summed E-state index contributed by atoms with van der Waals surface area (Å²) in [6, 6.07) is 3.98. The Hall–Kier alpha value is -1.26. The van der Waals surface area contributed by atoms with Crippen LogP contribution in [0.5, 0.6) is 11.5 Å². The Kier molecular flexibility index (Phi) is 3.26. The molecule has 1 fully saturated rings. The Balaban J connectivity index is 2.49. The second kappa shape index (κ2) is 4.55. The van der Waals surface area contributed by atoms with Crippen molar-refractivity contribution in [1.29, 1.82) is 0 Å². The smallest absolute Gasteiger partial charge is 0.165 e. The van der Waals surface area contributed by atoms with Crippen LogP contribution in [0.3, 0.4) is 0 Å². The lowest BCUT2D eigenvalue weighted by Gasteiger charge is -2.18. The number of ether oxygens (including phenoxy) is 3. The summed E-state index contributed by atoms with van der Waals surface area (Å²) in [4.78, 5) is 0. The second-order valence-electron chi connectivity index (χ2n) is 4.47.